The van der Waals surface area contributed by atoms with Crippen molar-refractivity contribution in [3.63, 3.8) is 0 Å². The van der Waals surface area contributed by atoms with Gasteiger partial charge >= 0.3 is 17.7 Å². The third kappa shape index (κ3) is 13.4. The van der Waals surface area contributed by atoms with E-state index < -0.39 is 10.4 Å². The van der Waals surface area contributed by atoms with E-state index in [1.54, 1.807) is 49.9 Å². The van der Waals surface area contributed by atoms with Crippen LogP contribution in [-0.4, -0.2) is 49.8 Å². The number of nitrogens with zero attached hydrogens (tertiary/aromatic N) is 7. The Bertz CT molecular complexity index is 3620. The molecule has 352 valence electrons. The molecule has 22 nitrogen and oxygen atoms in total. The van der Waals surface area contributed by atoms with Gasteiger partial charge in [-0.15, -0.1) is 0 Å². The van der Waals surface area contributed by atoms with Crippen molar-refractivity contribution < 1.29 is 22.6 Å². The lowest BCUT2D eigenvalue weighted by Gasteiger charge is -1.94. The number of pyridine rings is 5. The van der Waals surface area contributed by atoms with E-state index in [-0.39, 0.29) is 28.3 Å². The molecular formula is C46H42BrN13O9. The lowest BCUT2D eigenvalue weighted by molar-refractivity contribution is -0.386. The molecule has 0 unspecified atom stereocenters. The number of para-hydroxylation sites is 4. The first-order chi connectivity index (χ1) is 33.1. The summed E-state index contributed by atoms with van der Waals surface area (Å²) in [6.07, 6.45) is 7.95. The van der Waals surface area contributed by atoms with Crippen molar-refractivity contribution in [2.24, 2.45) is 0 Å². The molecule has 0 atom stereocenters. The number of fused-ring (bicyclic) bond motifs is 4. The van der Waals surface area contributed by atoms with Crippen molar-refractivity contribution in [3.8, 4) is 0 Å². The maximum Gasteiger partial charge on any atom is 0.335 e. The van der Waals surface area contributed by atoms with Gasteiger partial charge in [-0.1, -0.05) is 24.3 Å². The number of rotatable bonds is 3. The van der Waals surface area contributed by atoms with Crippen LogP contribution in [0, 0.1) is 44.7 Å². The van der Waals surface area contributed by atoms with E-state index in [0.717, 1.165) is 56.5 Å². The molecule has 0 spiro atoms. The minimum Gasteiger partial charge on any atom is -0.431 e. The van der Waals surface area contributed by atoms with Crippen molar-refractivity contribution in [2.75, 3.05) is 16.8 Å². The van der Waals surface area contributed by atoms with Crippen molar-refractivity contribution in [1.29, 1.82) is 0 Å². The zero-order chi connectivity index (χ0) is 49.6. The van der Waals surface area contributed by atoms with Crippen LogP contribution in [0.15, 0.2) is 153 Å². The standard InChI is InChI=1S/C14H10N4O2.C7H4BrNO.C7H7N3O.C6H6N2O3.C6H8N2O.C6H7NO/c1-8-12-11(6-7-15-8)20-14(17-12)18-13-16-9-4-2-3-5-10(9)19-13;8-7-9-5-3-1-2-4-6(5)10-7;1-4-6-5(2-3-9-4)11-7(8)10-6;1-4-6(8(10)11)5(9)2-3-7-4;1-4-6(7)5(9)2-3-8-4;1-5-4-6(8)2-3-7-5/h2-7H,1H3,(H,16,17,18);1-4H;2-3H,1H3,(H2,8,10);2-3H,1H3,(H,7,9);2-3H,7H2,1H3,(H,8,9);2-4H,1H3,(H,7,8). The number of nitrogens with two attached hydrogens (primary N) is 2. The third-order valence-corrected chi connectivity index (χ3v) is 9.54. The molecule has 0 fully saturated rings. The zero-order valence-corrected chi connectivity index (χ0v) is 38.9. The molecule has 2 aromatic carbocycles. The monoisotopic (exact) mass is 999 g/mol. The van der Waals surface area contributed by atoms with E-state index in [9.17, 15) is 24.5 Å². The fraction of sp³-hybridized carbons (Fsp3) is 0.109. The van der Waals surface area contributed by atoms with Gasteiger partial charge in [-0.05, 0) is 58.9 Å². The SMILES string of the molecule is Brc1nc2ccccc2o1.Cc1[nH]ccc(=O)c1N.Cc1[nH]ccc(=O)c1[N+](=O)[O-].Cc1cc(=O)cc[nH]1.Cc1nccc2oc(N)nc12.Cc1nccc2oc(Nc3nc4ccccc4o3)nc12. The van der Waals surface area contributed by atoms with Crippen LogP contribution in [0.5, 0.6) is 0 Å². The summed E-state index contributed by atoms with van der Waals surface area (Å²) in [6, 6.07) is 25.1. The number of nitro groups is 1. The molecule has 11 rings (SSSR count). The number of anilines is 4. The first-order valence-electron chi connectivity index (χ1n) is 20.3. The summed E-state index contributed by atoms with van der Waals surface area (Å²) >= 11 is 3.15. The van der Waals surface area contributed by atoms with Crippen molar-refractivity contribution in [2.45, 2.75) is 34.6 Å². The number of aromatic amines is 3. The summed E-state index contributed by atoms with van der Waals surface area (Å²) in [6.45, 7) is 8.84. The highest BCUT2D eigenvalue weighted by atomic mass is 79.9. The maximum atomic E-state index is 10.8. The third-order valence-electron chi connectivity index (χ3n) is 9.20. The summed E-state index contributed by atoms with van der Waals surface area (Å²) in [7, 11) is 0. The minimum absolute atomic E-state index is 0.0567. The van der Waals surface area contributed by atoms with Gasteiger partial charge in [0.2, 0.25) is 5.43 Å². The molecule has 0 radical (unpaired) electrons. The summed E-state index contributed by atoms with van der Waals surface area (Å²) in [4.78, 5) is 75.2. The molecular weight excluding hydrogens is 958 g/mol. The van der Waals surface area contributed by atoms with E-state index >= 15 is 0 Å². The van der Waals surface area contributed by atoms with Gasteiger partial charge in [0.1, 0.15) is 22.1 Å². The van der Waals surface area contributed by atoms with Crippen LogP contribution < -0.4 is 33.1 Å². The molecule has 0 saturated carbocycles. The number of aryl methyl sites for hydroxylation is 5. The van der Waals surface area contributed by atoms with E-state index in [0.29, 0.717) is 39.3 Å². The number of aromatic nitrogens is 9. The smallest absolute Gasteiger partial charge is 0.335 e. The first-order valence-corrected chi connectivity index (χ1v) is 21.1. The molecule has 8 N–H and O–H groups in total. The maximum absolute atomic E-state index is 10.8. The molecule has 0 amide bonds. The van der Waals surface area contributed by atoms with Crippen LogP contribution >= 0.6 is 15.9 Å². The predicted octanol–water partition coefficient (Wildman–Crippen LogP) is 8.66. The fourth-order valence-electron chi connectivity index (χ4n) is 5.85. The Labute approximate surface area is 397 Å². The Morgan fingerprint density at radius 3 is 1.65 bits per heavy atom. The number of hydrogen-bond donors (Lipinski definition) is 6. The summed E-state index contributed by atoms with van der Waals surface area (Å²) < 4.78 is 21.4. The Morgan fingerprint density at radius 2 is 1.14 bits per heavy atom. The number of nitrogens with one attached hydrogen (secondary N) is 4. The van der Waals surface area contributed by atoms with Gasteiger partial charge in [0.15, 0.2) is 27.8 Å². The normalized spacial score (nSPS) is 10.3. The summed E-state index contributed by atoms with van der Waals surface area (Å²) in [5, 5.41) is 13.2. The van der Waals surface area contributed by atoms with E-state index in [1.165, 1.54) is 25.3 Å². The molecule has 69 heavy (non-hydrogen) atoms. The molecule has 0 aliphatic carbocycles. The Hall–Kier alpha value is -9.25. The van der Waals surface area contributed by atoms with Crippen LogP contribution in [-0.2, 0) is 0 Å². The van der Waals surface area contributed by atoms with E-state index in [4.69, 9.17) is 29.1 Å². The molecule has 11 aromatic rings. The molecule has 0 bridgehead atoms. The average molecular weight is 1000 g/mol. The number of halogens is 1. The van der Waals surface area contributed by atoms with Gasteiger partial charge in [-0.3, -0.25) is 39.8 Å². The average Bonchev–Trinajstić information content (AvgIpc) is 4.11. The number of hydrogen-bond acceptors (Lipinski definition) is 18. The molecule has 0 saturated heterocycles. The number of oxazole rings is 4. The second-order valence-corrected chi connectivity index (χ2v) is 14.9. The quantitative estimate of drug-likeness (QED) is 0.0712. The van der Waals surface area contributed by atoms with Gasteiger partial charge in [0.25, 0.3) is 16.2 Å². The van der Waals surface area contributed by atoms with Crippen LogP contribution in [0.4, 0.5) is 29.4 Å². The van der Waals surface area contributed by atoms with E-state index in [2.05, 4.69) is 66.1 Å². The Morgan fingerprint density at radius 1 is 0.609 bits per heavy atom. The Kier molecular flexibility index (Phi) is 16.2. The lowest BCUT2D eigenvalue weighted by atomic mass is 10.3. The van der Waals surface area contributed by atoms with Crippen molar-refractivity contribution in [1.82, 2.24) is 44.9 Å². The van der Waals surface area contributed by atoms with Crippen LogP contribution in [0.3, 0.4) is 0 Å². The molecule has 9 aromatic heterocycles. The summed E-state index contributed by atoms with van der Waals surface area (Å²) in [5.41, 5.74) is 19.6. The second kappa shape index (κ2) is 22.8. The van der Waals surface area contributed by atoms with Gasteiger partial charge < -0.3 is 44.1 Å². The highest BCUT2D eigenvalue weighted by Crippen LogP contribution is 2.25. The summed E-state index contributed by atoms with van der Waals surface area (Å²) in [5.74, 6) is 0. The zero-order valence-electron chi connectivity index (χ0n) is 37.3. The highest BCUT2D eigenvalue weighted by Gasteiger charge is 2.14. The van der Waals surface area contributed by atoms with Gasteiger partial charge in [-0.2, -0.15) is 15.0 Å². The first kappa shape index (κ1) is 49.2. The molecule has 0 aliphatic heterocycles. The van der Waals surface area contributed by atoms with Crippen LogP contribution in [0.1, 0.15) is 28.5 Å². The number of H-pyrrole nitrogens is 3. The van der Waals surface area contributed by atoms with Gasteiger partial charge in [0, 0.05) is 94.7 Å². The number of nitrogen functional groups attached to an aromatic ring is 2. The van der Waals surface area contributed by atoms with Gasteiger partial charge in [-0.25, -0.2) is 4.98 Å². The molecule has 0 aliphatic rings. The van der Waals surface area contributed by atoms with Crippen molar-refractivity contribution in [3.05, 3.63) is 190 Å². The Balaban J connectivity index is 0.000000141. The lowest BCUT2D eigenvalue weighted by Crippen LogP contribution is -2.09. The fourth-order valence-corrected chi connectivity index (χ4v) is 6.22. The van der Waals surface area contributed by atoms with Crippen molar-refractivity contribution >= 4 is 89.7 Å². The van der Waals surface area contributed by atoms with Crippen LogP contribution in [0.2, 0.25) is 0 Å². The number of benzene rings is 2. The molecule has 23 heteroatoms. The second-order valence-electron chi connectivity index (χ2n) is 14.3. The largest absolute Gasteiger partial charge is 0.431 e. The predicted molar refractivity (Wildman–Crippen MR) is 263 cm³/mol. The van der Waals surface area contributed by atoms with E-state index in [1.807, 2.05) is 69.3 Å². The minimum atomic E-state index is -0.686. The van der Waals surface area contributed by atoms with Gasteiger partial charge in [0.05, 0.1) is 27.7 Å². The molecule has 9 heterocycles. The van der Waals surface area contributed by atoms with Crippen LogP contribution in [0.25, 0.3) is 44.4 Å². The highest BCUT2D eigenvalue weighted by molar-refractivity contribution is 9.10. The topological polar surface area (TPSA) is 336 Å².